The monoisotopic (exact) mass is 361 g/mol. The van der Waals surface area contributed by atoms with Crippen LogP contribution in [0.25, 0.3) is 0 Å². The lowest BCUT2D eigenvalue weighted by atomic mass is 10.0. The number of ether oxygens (including phenoxy) is 2. The van der Waals surface area contributed by atoms with Crippen molar-refractivity contribution in [1.29, 1.82) is 0 Å². The number of rotatable bonds is 4. The maximum atomic E-state index is 12.0. The van der Waals surface area contributed by atoms with Crippen LogP contribution in [0.15, 0.2) is 42.5 Å². The van der Waals surface area contributed by atoms with Crippen LogP contribution in [0.2, 0.25) is 5.02 Å². The van der Waals surface area contributed by atoms with Gasteiger partial charge in [0.05, 0.1) is 5.69 Å². The Bertz CT molecular complexity index is 808. The summed E-state index contributed by atoms with van der Waals surface area (Å²) in [7, 11) is 0. The van der Waals surface area contributed by atoms with E-state index in [0.29, 0.717) is 34.9 Å². The van der Waals surface area contributed by atoms with Gasteiger partial charge < -0.3 is 14.6 Å². The second-order valence-electron chi connectivity index (χ2n) is 5.57. The number of halogens is 1. The van der Waals surface area contributed by atoms with Crippen molar-refractivity contribution in [1.82, 2.24) is 0 Å². The molecule has 0 saturated heterocycles. The summed E-state index contributed by atoms with van der Waals surface area (Å²) in [4.78, 5) is 23.2. The largest absolute Gasteiger partial charge is 0.479 e. The number of nitrogens with one attached hydrogen (secondary N) is 1. The smallest absolute Gasteiger partial charge is 0.412 e. The van der Waals surface area contributed by atoms with E-state index in [4.69, 9.17) is 26.2 Å². The van der Waals surface area contributed by atoms with Gasteiger partial charge >= 0.3 is 12.1 Å². The van der Waals surface area contributed by atoms with E-state index >= 15 is 0 Å². The molecule has 0 aliphatic carbocycles. The predicted molar refractivity (Wildman–Crippen MR) is 92.1 cm³/mol. The number of hydrogen-bond acceptors (Lipinski definition) is 4. The lowest BCUT2D eigenvalue weighted by molar-refractivity contribution is -0.145. The van der Waals surface area contributed by atoms with Crippen LogP contribution in [0.1, 0.15) is 17.5 Å². The Hall–Kier alpha value is -2.73. The molecule has 0 fully saturated rings. The number of para-hydroxylation sites is 1. The zero-order valence-corrected chi connectivity index (χ0v) is 14.0. The van der Waals surface area contributed by atoms with Gasteiger partial charge in [0.15, 0.2) is 6.10 Å². The maximum absolute atomic E-state index is 12.0. The number of aryl methyl sites for hydroxylation is 1. The lowest BCUT2D eigenvalue weighted by Gasteiger charge is -2.25. The van der Waals surface area contributed by atoms with E-state index in [1.807, 2.05) is 6.07 Å². The molecule has 1 amide bonds. The minimum Gasteiger partial charge on any atom is -0.479 e. The summed E-state index contributed by atoms with van der Waals surface area (Å²) in [5, 5.41) is 12.2. The minimum atomic E-state index is -1.03. The number of anilines is 1. The van der Waals surface area contributed by atoms with Crippen LogP contribution in [-0.4, -0.2) is 23.3 Å². The Morgan fingerprint density at radius 3 is 2.80 bits per heavy atom. The van der Waals surface area contributed by atoms with E-state index in [1.54, 1.807) is 36.4 Å². The van der Waals surface area contributed by atoms with Crippen molar-refractivity contribution in [2.75, 3.05) is 5.32 Å². The van der Waals surface area contributed by atoms with Crippen molar-refractivity contribution in [3.63, 3.8) is 0 Å². The highest BCUT2D eigenvalue weighted by Gasteiger charge is 2.27. The van der Waals surface area contributed by atoms with Crippen LogP contribution in [0.3, 0.4) is 0 Å². The third-order valence-electron chi connectivity index (χ3n) is 3.86. The fraction of sp³-hybridized carbons (Fsp3) is 0.222. The number of aliphatic carboxylic acids is 1. The first kappa shape index (κ1) is 17.1. The predicted octanol–water partition coefficient (Wildman–Crippen LogP) is 3.87. The molecular formula is C18H16ClNO5. The fourth-order valence-electron chi connectivity index (χ4n) is 2.59. The minimum absolute atomic E-state index is 0.0269. The average Bonchev–Trinajstić information content (AvgIpc) is 2.61. The zero-order valence-electron chi connectivity index (χ0n) is 13.2. The topological polar surface area (TPSA) is 84.9 Å². The first-order valence-corrected chi connectivity index (χ1v) is 8.11. The van der Waals surface area contributed by atoms with Gasteiger partial charge in [-0.2, -0.15) is 0 Å². The van der Waals surface area contributed by atoms with Crippen molar-refractivity contribution in [3.05, 3.63) is 58.6 Å². The first-order chi connectivity index (χ1) is 12.0. The van der Waals surface area contributed by atoms with Gasteiger partial charge in [-0.25, -0.2) is 9.59 Å². The van der Waals surface area contributed by atoms with E-state index in [9.17, 15) is 9.59 Å². The molecule has 1 aliphatic heterocycles. The van der Waals surface area contributed by atoms with Crippen molar-refractivity contribution in [3.8, 4) is 5.75 Å². The summed E-state index contributed by atoms with van der Waals surface area (Å²) in [5.74, 6) is -0.655. The summed E-state index contributed by atoms with van der Waals surface area (Å²) in [5.41, 5.74) is 1.92. The summed E-state index contributed by atoms with van der Waals surface area (Å²) in [6.45, 7) is 0.0269. The zero-order chi connectivity index (χ0) is 17.8. The molecule has 1 aliphatic rings. The molecule has 0 bridgehead atoms. The van der Waals surface area contributed by atoms with E-state index < -0.39 is 18.2 Å². The quantitative estimate of drug-likeness (QED) is 0.863. The second-order valence-corrected chi connectivity index (χ2v) is 5.98. The van der Waals surface area contributed by atoms with Gasteiger partial charge in [0.2, 0.25) is 0 Å². The first-order valence-electron chi connectivity index (χ1n) is 7.73. The Morgan fingerprint density at radius 2 is 2.04 bits per heavy atom. The molecule has 6 nitrogen and oxygen atoms in total. The summed E-state index contributed by atoms with van der Waals surface area (Å²) in [6.07, 6.45) is -0.636. The van der Waals surface area contributed by atoms with Gasteiger partial charge in [-0.3, -0.25) is 5.32 Å². The number of amides is 1. The van der Waals surface area contributed by atoms with Crippen molar-refractivity contribution >= 4 is 29.4 Å². The molecule has 0 aromatic heterocycles. The highest BCUT2D eigenvalue weighted by molar-refractivity contribution is 6.31. The molecule has 7 heteroatoms. The third-order valence-corrected chi connectivity index (χ3v) is 4.23. The molecule has 3 rings (SSSR count). The van der Waals surface area contributed by atoms with Gasteiger partial charge in [-0.15, -0.1) is 0 Å². The molecule has 2 aromatic rings. The van der Waals surface area contributed by atoms with Gasteiger partial charge in [0.1, 0.15) is 12.4 Å². The molecule has 0 saturated carbocycles. The van der Waals surface area contributed by atoms with Gasteiger partial charge in [0, 0.05) is 10.6 Å². The van der Waals surface area contributed by atoms with E-state index in [2.05, 4.69) is 5.32 Å². The van der Waals surface area contributed by atoms with E-state index in [-0.39, 0.29) is 6.61 Å². The van der Waals surface area contributed by atoms with Crippen LogP contribution in [0, 0.1) is 0 Å². The number of fused-ring (bicyclic) bond motifs is 1. The summed E-state index contributed by atoms with van der Waals surface area (Å²) in [6, 6.07) is 12.3. The van der Waals surface area contributed by atoms with Crippen LogP contribution in [0.4, 0.5) is 10.5 Å². The Labute approximate surface area is 149 Å². The number of carbonyl (C=O) groups is 2. The molecule has 2 aromatic carbocycles. The molecule has 1 atom stereocenters. The Morgan fingerprint density at radius 1 is 1.24 bits per heavy atom. The molecule has 130 valence electrons. The molecule has 1 heterocycles. The normalized spacial score (nSPS) is 15.6. The molecular weight excluding hydrogens is 346 g/mol. The average molecular weight is 362 g/mol. The molecule has 0 radical (unpaired) electrons. The number of carboxylic acid groups (broad SMARTS) is 1. The number of carbonyl (C=O) groups excluding carboxylic acids is 1. The molecule has 0 spiro atoms. The number of carboxylic acids is 1. The van der Waals surface area contributed by atoms with E-state index in [0.717, 1.165) is 5.56 Å². The van der Waals surface area contributed by atoms with Crippen LogP contribution < -0.4 is 10.1 Å². The number of benzene rings is 2. The molecule has 2 N–H and O–H groups in total. The fourth-order valence-corrected chi connectivity index (χ4v) is 2.78. The van der Waals surface area contributed by atoms with Gasteiger partial charge in [0.25, 0.3) is 0 Å². The lowest BCUT2D eigenvalue weighted by Crippen LogP contribution is -2.31. The highest BCUT2D eigenvalue weighted by Crippen LogP contribution is 2.35. The number of hydrogen-bond donors (Lipinski definition) is 2. The van der Waals surface area contributed by atoms with Gasteiger partial charge in [-0.1, -0.05) is 41.9 Å². The maximum Gasteiger partial charge on any atom is 0.412 e. The Balaban J connectivity index is 1.68. The van der Waals surface area contributed by atoms with Crippen LogP contribution >= 0.6 is 11.6 Å². The summed E-state index contributed by atoms with van der Waals surface area (Å²) < 4.78 is 10.7. The van der Waals surface area contributed by atoms with Gasteiger partial charge in [-0.05, 0) is 30.5 Å². The van der Waals surface area contributed by atoms with Crippen LogP contribution in [-0.2, 0) is 22.6 Å². The third kappa shape index (κ3) is 4.03. The standard InChI is InChI=1S/C18H16ClNO5/c19-13-6-2-1-4-12(13)10-24-18(23)20-14-7-3-5-11-8-9-15(17(21)22)25-16(11)14/h1-7,15H,8-10H2,(H,20,23)(H,21,22)/t15-/m0/s1. The molecule has 25 heavy (non-hydrogen) atoms. The highest BCUT2D eigenvalue weighted by atomic mass is 35.5. The van der Waals surface area contributed by atoms with Crippen molar-refractivity contribution in [2.45, 2.75) is 25.6 Å². The van der Waals surface area contributed by atoms with Crippen molar-refractivity contribution in [2.24, 2.45) is 0 Å². The van der Waals surface area contributed by atoms with Crippen LogP contribution in [0.5, 0.6) is 5.75 Å². The SMILES string of the molecule is O=C(Nc1cccc2c1O[C@H](C(=O)O)CC2)OCc1ccccc1Cl. The Kier molecular flexibility index (Phi) is 5.09. The molecule has 0 unspecified atom stereocenters. The second kappa shape index (κ2) is 7.44. The summed E-state index contributed by atoms with van der Waals surface area (Å²) >= 11 is 6.02. The van der Waals surface area contributed by atoms with Crippen molar-refractivity contribution < 1.29 is 24.2 Å². The van der Waals surface area contributed by atoms with E-state index in [1.165, 1.54) is 0 Å².